The maximum absolute atomic E-state index is 13.7. The summed E-state index contributed by atoms with van der Waals surface area (Å²) in [5.74, 6) is -0.313. The lowest BCUT2D eigenvalue weighted by atomic mass is 10.3. The molecule has 0 atom stereocenters. The summed E-state index contributed by atoms with van der Waals surface area (Å²) in [7, 11) is 0. The normalized spacial score (nSPS) is 10.8. The predicted molar refractivity (Wildman–Crippen MR) is 68.9 cm³/mol. The maximum atomic E-state index is 13.7. The van der Waals surface area contributed by atoms with Crippen LogP contribution < -0.4 is 10.5 Å². The van der Waals surface area contributed by atoms with Crippen molar-refractivity contribution in [2.45, 2.75) is 0 Å². The molecule has 0 aliphatic rings. The average Bonchev–Trinajstić information content (AvgIpc) is 2.74. The second kappa shape index (κ2) is 4.40. The molecular formula is C12H8ClFN4O. The highest BCUT2D eigenvalue weighted by Gasteiger charge is 2.11. The molecule has 0 aliphatic carbocycles. The van der Waals surface area contributed by atoms with Gasteiger partial charge in [0.15, 0.2) is 11.6 Å². The van der Waals surface area contributed by atoms with Crippen LogP contribution >= 0.6 is 11.6 Å². The lowest BCUT2D eigenvalue weighted by Crippen LogP contribution is -1.97. The van der Waals surface area contributed by atoms with E-state index in [2.05, 4.69) is 10.1 Å². The molecule has 96 valence electrons. The number of benzene rings is 1. The molecule has 0 radical (unpaired) electrons. The van der Waals surface area contributed by atoms with Crippen LogP contribution in [0.4, 0.5) is 10.1 Å². The summed E-state index contributed by atoms with van der Waals surface area (Å²) in [6.07, 6.45) is 2.90. The number of nitrogens with two attached hydrogens (primary N) is 1. The van der Waals surface area contributed by atoms with Crippen molar-refractivity contribution < 1.29 is 9.13 Å². The summed E-state index contributed by atoms with van der Waals surface area (Å²) in [6, 6.07) is 5.79. The molecule has 2 N–H and O–H groups in total. The molecule has 0 bridgehead atoms. The van der Waals surface area contributed by atoms with Gasteiger partial charge in [0.05, 0.1) is 5.02 Å². The number of hydrogen-bond donors (Lipinski definition) is 1. The van der Waals surface area contributed by atoms with E-state index in [1.807, 2.05) is 0 Å². The van der Waals surface area contributed by atoms with E-state index in [4.69, 9.17) is 22.1 Å². The Bertz CT molecular complexity index is 759. The van der Waals surface area contributed by atoms with Crippen LogP contribution in [0.2, 0.25) is 5.02 Å². The van der Waals surface area contributed by atoms with Crippen LogP contribution in [0.1, 0.15) is 0 Å². The fraction of sp³-hybridized carbons (Fsp3) is 0. The molecule has 0 fully saturated rings. The molecule has 2 aromatic heterocycles. The number of fused-ring (bicyclic) bond motifs is 1. The van der Waals surface area contributed by atoms with Crippen LogP contribution in [0.3, 0.4) is 0 Å². The lowest BCUT2D eigenvalue weighted by Gasteiger charge is -2.07. The van der Waals surface area contributed by atoms with Crippen LogP contribution in [0, 0.1) is 5.82 Å². The molecule has 2 heterocycles. The molecule has 3 rings (SSSR count). The number of anilines is 1. The quantitative estimate of drug-likeness (QED) is 0.732. The smallest absolute Gasteiger partial charge is 0.247 e. The highest BCUT2D eigenvalue weighted by Crippen LogP contribution is 2.28. The first kappa shape index (κ1) is 11.7. The van der Waals surface area contributed by atoms with Gasteiger partial charge in [-0.05, 0) is 18.2 Å². The monoisotopic (exact) mass is 278 g/mol. The third-order valence-electron chi connectivity index (χ3n) is 2.50. The lowest BCUT2D eigenvalue weighted by molar-refractivity contribution is 0.428. The van der Waals surface area contributed by atoms with Gasteiger partial charge in [0, 0.05) is 18.0 Å². The van der Waals surface area contributed by atoms with Gasteiger partial charge in [0.1, 0.15) is 11.8 Å². The Morgan fingerprint density at radius 1 is 1.32 bits per heavy atom. The number of nitrogen functional groups attached to an aromatic ring is 1. The predicted octanol–water partition coefficient (Wildman–Crippen LogP) is 2.90. The number of ether oxygens (including phenoxy) is 1. The zero-order valence-electron chi connectivity index (χ0n) is 9.55. The largest absolute Gasteiger partial charge is 0.434 e. The summed E-state index contributed by atoms with van der Waals surface area (Å²) in [5.41, 5.74) is 6.34. The first-order valence-corrected chi connectivity index (χ1v) is 5.73. The topological polar surface area (TPSA) is 65.4 Å². The zero-order chi connectivity index (χ0) is 13.4. The van der Waals surface area contributed by atoms with Crippen molar-refractivity contribution in [2.75, 3.05) is 5.73 Å². The van der Waals surface area contributed by atoms with Gasteiger partial charge in [-0.3, -0.25) is 0 Å². The average molecular weight is 279 g/mol. The van der Waals surface area contributed by atoms with E-state index in [9.17, 15) is 4.39 Å². The minimum absolute atomic E-state index is 0.0344. The van der Waals surface area contributed by atoms with E-state index in [0.717, 1.165) is 0 Å². The molecule has 19 heavy (non-hydrogen) atoms. The van der Waals surface area contributed by atoms with E-state index in [-0.39, 0.29) is 11.6 Å². The zero-order valence-corrected chi connectivity index (χ0v) is 10.3. The van der Waals surface area contributed by atoms with Crippen molar-refractivity contribution in [1.29, 1.82) is 0 Å². The van der Waals surface area contributed by atoms with E-state index >= 15 is 0 Å². The van der Waals surface area contributed by atoms with E-state index < -0.39 is 5.82 Å². The molecule has 0 saturated heterocycles. The van der Waals surface area contributed by atoms with E-state index in [1.54, 1.807) is 18.3 Å². The summed E-state index contributed by atoms with van der Waals surface area (Å²) in [5, 5.41) is 4.46. The van der Waals surface area contributed by atoms with Crippen molar-refractivity contribution >= 4 is 22.8 Å². The summed E-state index contributed by atoms with van der Waals surface area (Å²) in [4.78, 5) is 3.97. The Balaban J connectivity index is 2.05. The van der Waals surface area contributed by atoms with Crippen LogP contribution in [-0.4, -0.2) is 14.6 Å². The number of hydrogen-bond acceptors (Lipinski definition) is 4. The Morgan fingerprint density at radius 2 is 2.16 bits per heavy atom. The minimum atomic E-state index is -0.561. The second-order valence-electron chi connectivity index (χ2n) is 3.85. The highest BCUT2D eigenvalue weighted by atomic mass is 35.5. The van der Waals surface area contributed by atoms with Crippen molar-refractivity contribution in [3.8, 4) is 11.6 Å². The fourth-order valence-electron chi connectivity index (χ4n) is 1.66. The van der Waals surface area contributed by atoms with Gasteiger partial charge in [0.2, 0.25) is 5.88 Å². The van der Waals surface area contributed by atoms with Gasteiger partial charge in [-0.15, -0.1) is 0 Å². The molecule has 3 aromatic rings. The summed E-state index contributed by atoms with van der Waals surface area (Å²) < 4.78 is 20.6. The fourth-order valence-corrected chi connectivity index (χ4v) is 1.85. The second-order valence-corrected chi connectivity index (χ2v) is 4.28. The molecule has 0 amide bonds. The Kier molecular flexibility index (Phi) is 2.72. The molecule has 1 aromatic carbocycles. The van der Waals surface area contributed by atoms with Crippen LogP contribution in [0.25, 0.3) is 5.52 Å². The molecule has 7 heteroatoms. The van der Waals surface area contributed by atoms with Crippen molar-refractivity contribution in [1.82, 2.24) is 14.6 Å². The van der Waals surface area contributed by atoms with Gasteiger partial charge in [-0.2, -0.15) is 10.1 Å². The highest BCUT2D eigenvalue weighted by molar-refractivity contribution is 6.31. The molecule has 0 spiro atoms. The number of aromatic nitrogens is 3. The first-order valence-electron chi connectivity index (χ1n) is 5.35. The van der Waals surface area contributed by atoms with Crippen molar-refractivity contribution in [3.05, 3.63) is 47.6 Å². The molecule has 0 aliphatic heterocycles. The third kappa shape index (κ3) is 2.17. The molecular weight excluding hydrogens is 271 g/mol. The number of nitrogens with zero attached hydrogens (tertiary/aromatic N) is 3. The van der Waals surface area contributed by atoms with Gasteiger partial charge < -0.3 is 10.5 Å². The number of halogens is 2. The minimum Gasteiger partial charge on any atom is -0.434 e. The first-order chi connectivity index (χ1) is 9.13. The Hall–Kier alpha value is -2.34. The van der Waals surface area contributed by atoms with Crippen molar-refractivity contribution in [2.24, 2.45) is 0 Å². The molecule has 5 nitrogen and oxygen atoms in total. The third-order valence-corrected chi connectivity index (χ3v) is 2.71. The Morgan fingerprint density at radius 3 is 2.95 bits per heavy atom. The van der Waals surface area contributed by atoms with E-state index in [0.29, 0.717) is 16.2 Å². The summed E-state index contributed by atoms with van der Waals surface area (Å²) >= 11 is 5.88. The molecule has 0 saturated carbocycles. The maximum Gasteiger partial charge on any atom is 0.247 e. The van der Waals surface area contributed by atoms with Crippen LogP contribution in [0.15, 0.2) is 36.8 Å². The van der Waals surface area contributed by atoms with Crippen molar-refractivity contribution in [3.63, 3.8) is 0 Å². The van der Waals surface area contributed by atoms with Crippen LogP contribution in [0.5, 0.6) is 11.6 Å². The number of rotatable bonds is 2. The Labute approximate surface area is 112 Å². The molecule has 0 unspecified atom stereocenters. The van der Waals surface area contributed by atoms with Gasteiger partial charge in [-0.25, -0.2) is 8.91 Å². The van der Waals surface area contributed by atoms with Gasteiger partial charge >= 0.3 is 0 Å². The standard InChI is InChI=1S/C12H8ClFN4O/c13-7-3-10-12(16-6-17-18(10)5-7)19-11-2-1-8(15)4-9(11)14/h1-6H,15H2. The van der Waals surface area contributed by atoms with Crippen LogP contribution in [-0.2, 0) is 0 Å². The van der Waals surface area contributed by atoms with E-state index in [1.165, 1.54) is 23.0 Å². The van der Waals surface area contributed by atoms with Gasteiger partial charge in [-0.1, -0.05) is 11.6 Å². The SMILES string of the molecule is Nc1ccc(Oc2ncnn3cc(Cl)cc23)c(F)c1. The summed E-state index contributed by atoms with van der Waals surface area (Å²) in [6.45, 7) is 0. The van der Waals surface area contributed by atoms with Gasteiger partial charge in [0.25, 0.3) is 0 Å².